The SMILES string of the molecule is CC(C)Oc1cc2c(OCC3CCC(=O)N3)ncc(C#CC3(O)CCN(C(=O)OC(C)(C)C)CC3)c2cc1C(N)=O. The number of amides is 3. The number of pyridine rings is 1. The molecule has 220 valence electrons. The van der Waals surface area contributed by atoms with E-state index < -0.39 is 23.2 Å². The van der Waals surface area contributed by atoms with Crippen molar-refractivity contribution in [1.82, 2.24) is 15.2 Å². The number of hydrogen-bond acceptors (Lipinski definition) is 8. The van der Waals surface area contributed by atoms with Crippen molar-refractivity contribution in [2.45, 2.75) is 83.6 Å². The minimum absolute atomic E-state index is 0.0179. The number of piperidine rings is 1. The summed E-state index contributed by atoms with van der Waals surface area (Å²) < 4.78 is 17.3. The Morgan fingerprint density at radius 2 is 1.95 bits per heavy atom. The van der Waals surface area contributed by atoms with Crippen LogP contribution in [0.4, 0.5) is 4.79 Å². The van der Waals surface area contributed by atoms with Gasteiger partial charge in [-0.05, 0) is 53.2 Å². The summed E-state index contributed by atoms with van der Waals surface area (Å²) in [6.07, 6.45) is 2.48. The number of nitrogens with zero attached hydrogens (tertiary/aromatic N) is 2. The lowest BCUT2D eigenvalue weighted by Crippen LogP contribution is -2.47. The second-order valence-electron chi connectivity index (χ2n) is 11.8. The first kappa shape index (κ1) is 29.9. The summed E-state index contributed by atoms with van der Waals surface area (Å²) >= 11 is 0. The zero-order valence-corrected chi connectivity index (χ0v) is 24.2. The molecule has 4 N–H and O–H groups in total. The number of hydrogen-bond donors (Lipinski definition) is 3. The number of benzene rings is 1. The van der Waals surface area contributed by atoms with Crippen LogP contribution in [0.5, 0.6) is 11.6 Å². The van der Waals surface area contributed by atoms with E-state index in [1.54, 1.807) is 37.8 Å². The van der Waals surface area contributed by atoms with E-state index in [2.05, 4.69) is 22.1 Å². The summed E-state index contributed by atoms with van der Waals surface area (Å²) in [5.74, 6) is 5.90. The van der Waals surface area contributed by atoms with E-state index in [0.29, 0.717) is 53.9 Å². The van der Waals surface area contributed by atoms with Gasteiger partial charge < -0.3 is 35.3 Å². The van der Waals surface area contributed by atoms with Gasteiger partial charge >= 0.3 is 6.09 Å². The normalized spacial score (nSPS) is 18.5. The van der Waals surface area contributed by atoms with E-state index in [1.165, 1.54) is 6.20 Å². The summed E-state index contributed by atoms with van der Waals surface area (Å²) in [6, 6.07) is 3.13. The number of carbonyl (C=O) groups excluding carboxylic acids is 3. The van der Waals surface area contributed by atoms with Crippen LogP contribution in [0.25, 0.3) is 10.8 Å². The average Bonchev–Trinajstić information content (AvgIpc) is 3.30. The Morgan fingerprint density at radius 1 is 1.24 bits per heavy atom. The average molecular weight is 567 g/mol. The fraction of sp³-hybridized carbons (Fsp3) is 0.533. The number of nitrogens with one attached hydrogen (secondary N) is 1. The molecule has 2 aromatic rings. The Labute approximate surface area is 239 Å². The molecule has 1 aromatic heterocycles. The van der Waals surface area contributed by atoms with Crippen molar-refractivity contribution in [3.63, 3.8) is 0 Å². The van der Waals surface area contributed by atoms with Crippen molar-refractivity contribution in [1.29, 1.82) is 0 Å². The van der Waals surface area contributed by atoms with Crippen LogP contribution in [0.3, 0.4) is 0 Å². The molecule has 3 amide bonds. The molecular formula is C30H38N4O7. The third kappa shape index (κ3) is 7.58. The molecule has 1 aromatic carbocycles. The molecule has 2 fully saturated rings. The number of aromatic nitrogens is 1. The number of aliphatic hydroxyl groups is 1. The number of ether oxygens (including phenoxy) is 3. The molecule has 1 atom stereocenters. The molecular weight excluding hydrogens is 528 g/mol. The highest BCUT2D eigenvalue weighted by Gasteiger charge is 2.34. The fourth-order valence-electron chi connectivity index (χ4n) is 4.68. The minimum atomic E-state index is -1.33. The van der Waals surface area contributed by atoms with Gasteiger partial charge in [0.1, 0.15) is 23.6 Å². The first-order chi connectivity index (χ1) is 19.2. The van der Waals surface area contributed by atoms with Gasteiger partial charge in [0, 0.05) is 49.3 Å². The molecule has 41 heavy (non-hydrogen) atoms. The van der Waals surface area contributed by atoms with Gasteiger partial charge in [0.2, 0.25) is 11.8 Å². The number of rotatable bonds is 6. The Morgan fingerprint density at radius 3 is 2.54 bits per heavy atom. The van der Waals surface area contributed by atoms with E-state index in [0.717, 1.165) is 0 Å². The largest absolute Gasteiger partial charge is 0.490 e. The predicted octanol–water partition coefficient (Wildman–Crippen LogP) is 2.89. The van der Waals surface area contributed by atoms with E-state index in [1.807, 2.05) is 13.8 Å². The summed E-state index contributed by atoms with van der Waals surface area (Å²) in [5.41, 5.74) is 4.39. The first-order valence-electron chi connectivity index (χ1n) is 13.8. The molecule has 3 heterocycles. The highest BCUT2D eigenvalue weighted by molar-refractivity contribution is 6.03. The Bertz CT molecular complexity index is 1400. The first-order valence-corrected chi connectivity index (χ1v) is 13.8. The van der Waals surface area contributed by atoms with Crippen LogP contribution >= 0.6 is 0 Å². The molecule has 0 aliphatic carbocycles. The van der Waals surface area contributed by atoms with Crippen molar-refractivity contribution in [3.05, 3.63) is 29.5 Å². The summed E-state index contributed by atoms with van der Waals surface area (Å²) in [4.78, 5) is 42.4. The Kier molecular flexibility index (Phi) is 8.63. The van der Waals surface area contributed by atoms with Gasteiger partial charge in [-0.15, -0.1) is 0 Å². The van der Waals surface area contributed by atoms with E-state index in [9.17, 15) is 19.5 Å². The lowest BCUT2D eigenvalue weighted by molar-refractivity contribution is -0.119. The second kappa shape index (κ2) is 11.8. The van der Waals surface area contributed by atoms with Crippen LogP contribution in [0.15, 0.2) is 18.3 Å². The van der Waals surface area contributed by atoms with Crippen molar-refractivity contribution in [3.8, 4) is 23.5 Å². The van der Waals surface area contributed by atoms with Crippen LogP contribution in [0, 0.1) is 11.8 Å². The topological polar surface area (TPSA) is 153 Å². The van der Waals surface area contributed by atoms with Crippen LogP contribution in [0.1, 0.15) is 76.2 Å². The van der Waals surface area contributed by atoms with Crippen LogP contribution in [-0.2, 0) is 9.53 Å². The highest BCUT2D eigenvalue weighted by Crippen LogP contribution is 2.34. The molecule has 1 unspecified atom stereocenters. The van der Waals surface area contributed by atoms with Crippen LogP contribution < -0.4 is 20.5 Å². The maximum Gasteiger partial charge on any atom is 0.410 e. The lowest BCUT2D eigenvalue weighted by Gasteiger charge is -2.35. The minimum Gasteiger partial charge on any atom is -0.490 e. The predicted molar refractivity (Wildman–Crippen MR) is 152 cm³/mol. The van der Waals surface area contributed by atoms with Crippen molar-refractivity contribution >= 4 is 28.7 Å². The quantitative estimate of drug-likeness (QED) is 0.451. The lowest BCUT2D eigenvalue weighted by atomic mass is 9.91. The second-order valence-corrected chi connectivity index (χ2v) is 11.8. The third-order valence-corrected chi connectivity index (χ3v) is 6.76. The summed E-state index contributed by atoms with van der Waals surface area (Å²) in [6.45, 7) is 9.91. The molecule has 0 radical (unpaired) electrons. The van der Waals surface area contributed by atoms with Gasteiger partial charge in [-0.3, -0.25) is 9.59 Å². The molecule has 0 saturated carbocycles. The smallest absolute Gasteiger partial charge is 0.410 e. The molecule has 2 aliphatic rings. The molecule has 4 rings (SSSR count). The van der Waals surface area contributed by atoms with Crippen molar-refractivity contribution < 1.29 is 33.7 Å². The molecule has 0 spiro atoms. The Balaban J connectivity index is 1.64. The third-order valence-electron chi connectivity index (χ3n) is 6.76. The number of nitrogens with two attached hydrogens (primary N) is 1. The summed E-state index contributed by atoms with van der Waals surface area (Å²) in [7, 11) is 0. The molecule has 2 saturated heterocycles. The number of likely N-dealkylation sites (tertiary alicyclic amines) is 1. The molecule has 11 nitrogen and oxygen atoms in total. The molecule has 2 aliphatic heterocycles. The van der Waals surface area contributed by atoms with Gasteiger partial charge in [-0.1, -0.05) is 11.8 Å². The van der Waals surface area contributed by atoms with E-state index in [4.69, 9.17) is 19.9 Å². The van der Waals surface area contributed by atoms with Gasteiger partial charge in [0.05, 0.1) is 23.3 Å². The molecule has 11 heteroatoms. The maximum absolute atomic E-state index is 12.4. The number of primary amides is 1. The van der Waals surface area contributed by atoms with Gasteiger partial charge in [-0.25, -0.2) is 9.78 Å². The van der Waals surface area contributed by atoms with Gasteiger partial charge in [0.25, 0.3) is 5.91 Å². The van der Waals surface area contributed by atoms with Crippen LogP contribution in [0.2, 0.25) is 0 Å². The zero-order valence-electron chi connectivity index (χ0n) is 24.2. The highest BCUT2D eigenvalue weighted by atomic mass is 16.6. The number of carbonyl (C=O) groups is 3. The number of fused-ring (bicyclic) bond motifs is 1. The van der Waals surface area contributed by atoms with Gasteiger partial charge in [0.15, 0.2) is 0 Å². The maximum atomic E-state index is 12.4. The van der Waals surface area contributed by atoms with Crippen molar-refractivity contribution in [2.75, 3.05) is 19.7 Å². The van der Waals surface area contributed by atoms with E-state index in [-0.39, 0.29) is 43.1 Å². The Hall–Kier alpha value is -4.04. The monoisotopic (exact) mass is 566 g/mol. The fourth-order valence-corrected chi connectivity index (χ4v) is 4.68. The van der Waals surface area contributed by atoms with Crippen molar-refractivity contribution in [2.24, 2.45) is 5.73 Å². The zero-order chi connectivity index (χ0) is 29.9. The van der Waals surface area contributed by atoms with E-state index >= 15 is 0 Å². The molecule has 0 bridgehead atoms. The van der Waals surface area contributed by atoms with Crippen LogP contribution in [-0.4, -0.2) is 75.9 Å². The van der Waals surface area contributed by atoms with Gasteiger partial charge in [-0.2, -0.15) is 0 Å². The summed E-state index contributed by atoms with van der Waals surface area (Å²) in [5, 5.41) is 15.1. The standard InChI is InChI=1S/C30H38N4O7/c1-18(2)40-24-15-22-21(14-23(24)26(31)36)19(16-32-27(22)39-17-20-6-7-25(35)33-20)8-9-30(38)10-12-34(13-11-30)28(37)41-29(3,4)5/h14-16,18,20,38H,6-7,10-13,17H2,1-5H3,(H2,31,36)(H,33,35).